The first kappa shape index (κ1) is 13.0. The highest BCUT2D eigenvalue weighted by Crippen LogP contribution is 2.29. The van der Waals surface area contributed by atoms with Crippen LogP contribution in [0.5, 0.6) is 0 Å². The minimum atomic E-state index is -0.771. The lowest BCUT2D eigenvalue weighted by Crippen LogP contribution is -2.31. The summed E-state index contributed by atoms with van der Waals surface area (Å²) in [5.41, 5.74) is 0.0432. The molecule has 1 aromatic carbocycles. The van der Waals surface area contributed by atoms with Gasteiger partial charge in [-0.1, -0.05) is 12.1 Å². The lowest BCUT2D eigenvalue weighted by atomic mass is 9.88. The lowest BCUT2D eigenvalue weighted by molar-refractivity contribution is 0.0187. The van der Waals surface area contributed by atoms with Crippen LogP contribution in [-0.2, 0) is 11.2 Å². The monoisotopic (exact) mass is 302 g/mol. The minimum Gasteiger partial charge on any atom is -0.389 e. The standard InChI is InChI=1S/C13H16BrFO2/c14-12-10(3-1-4-11(12)15)9-13(16)5-2-7-17-8-6-13/h1,3-4,16H,2,5-9H2. The Balaban J connectivity index is 2.15. The van der Waals surface area contributed by atoms with E-state index in [1.807, 2.05) is 6.07 Å². The van der Waals surface area contributed by atoms with Crippen molar-refractivity contribution in [2.75, 3.05) is 13.2 Å². The molecule has 0 aromatic heterocycles. The van der Waals surface area contributed by atoms with Gasteiger partial charge in [-0.15, -0.1) is 0 Å². The Kier molecular flexibility index (Phi) is 4.17. The van der Waals surface area contributed by atoms with Crippen LogP contribution in [0.25, 0.3) is 0 Å². The molecule has 1 fully saturated rings. The van der Waals surface area contributed by atoms with Crippen molar-refractivity contribution in [2.45, 2.75) is 31.3 Å². The number of rotatable bonds is 2. The fourth-order valence-electron chi connectivity index (χ4n) is 2.21. The summed E-state index contributed by atoms with van der Waals surface area (Å²) in [6.07, 6.45) is 2.63. The molecule has 1 N–H and O–H groups in total. The van der Waals surface area contributed by atoms with Crippen LogP contribution >= 0.6 is 15.9 Å². The van der Waals surface area contributed by atoms with Crippen molar-refractivity contribution in [3.8, 4) is 0 Å². The SMILES string of the molecule is OC1(Cc2cccc(F)c2Br)CCCOCC1. The summed E-state index contributed by atoms with van der Waals surface area (Å²) >= 11 is 3.23. The van der Waals surface area contributed by atoms with E-state index in [2.05, 4.69) is 15.9 Å². The molecule has 1 heterocycles. The average Bonchev–Trinajstić information content (AvgIpc) is 2.50. The number of halogens is 2. The molecule has 4 heteroatoms. The molecule has 1 unspecified atom stereocenters. The van der Waals surface area contributed by atoms with E-state index in [1.54, 1.807) is 6.07 Å². The van der Waals surface area contributed by atoms with Crippen LogP contribution in [0.15, 0.2) is 22.7 Å². The smallest absolute Gasteiger partial charge is 0.137 e. The predicted octanol–water partition coefficient (Wildman–Crippen LogP) is 3.06. The molecule has 94 valence electrons. The zero-order valence-corrected chi connectivity index (χ0v) is 11.2. The summed E-state index contributed by atoms with van der Waals surface area (Å²) in [6.45, 7) is 1.27. The quantitative estimate of drug-likeness (QED) is 0.910. The van der Waals surface area contributed by atoms with Gasteiger partial charge in [-0.25, -0.2) is 4.39 Å². The van der Waals surface area contributed by atoms with Gasteiger partial charge in [0, 0.05) is 19.6 Å². The van der Waals surface area contributed by atoms with Gasteiger partial charge in [0.05, 0.1) is 10.1 Å². The molecule has 1 saturated heterocycles. The van der Waals surface area contributed by atoms with Crippen LogP contribution in [-0.4, -0.2) is 23.9 Å². The van der Waals surface area contributed by atoms with E-state index >= 15 is 0 Å². The number of benzene rings is 1. The molecule has 0 radical (unpaired) electrons. The maximum Gasteiger partial charge on any atom is 0.137 e. The highest BCUT2D eigenvalue weighted by atomic mass is 79.9. The molecule has 1 aromatic rings. The van der Waals surface area contributed by atoms with Crippen molar-refractivity contribution in [1.29, 1.82) is 0 Å². The second-order valence-corrected chi connectivity index (χ2v) is 5.37. The Labute approximate surface area is 109 Å². The third-order valence-electron chi connectivity index (χ3n) is 3.19. The summed E-state index contributed by atoms with van der Waals surface area (Å²) in [5, 5.41) is 10.5. The van der Waals surface area contributed by atoms with Gasteiger partial charge in [-0.05, 0) is 46.8 Å². The van der Waals surface area contributed by atoms with Crippen molar-refractivity contribution in [2.24, 2.45) is 0 Å². The summed E-state index contributed by atoms with van der Waals surface area (Å²) in [6, 6.07) is 4.93. The second kappa shape index (κ2) is 5.46. The Bertz CT molecular complexity index is 387. The van der Waals surface area contributed by atoms with Gasteiger partial charge in [-0.2, -0.15) is 0 Å². The third kappa shape index (κ3) is 3.27. The summed E-state index contributed by atoms with van der Waals surface area (Å²) in [4.78, 5) is 0. The molecule has 0 amide bonds. The Morgan fingerprint density at radius 3 is 3.00 bits per heavy atom. The van der Waals surface area contributed by atoms with E-state index in [0.717, 1.165) is 12.0 Å². The van der Waals surface area contributed by atoms with Crippen molar-refractivity contribution in [3.05, 3.63) is 34.1 Å². The fourth-order valence-corrected chi connectivity index (χ4v) is 2.61. The molecule has 2 nitrogen and oxygen atoms in total. The maximum absolute atomic E-state index is 13.4. The summed E-state index contributed by atoms with van der Waals surface area (Å²) in [5.74, 6) is -0.282. The molecule has 0 aliphatic carbocycles. The predicted molar refractivity (Wildman–Crippen MR) is 67.4 cm³/mol. The Hall–Kier alpha value is -0.450. The number of hydrogen-bond donors (Lipinski definition) is 1. The Morgan fingerprint density at radius 1 is 1.35 bits per heavy atom. The largest absolute Gasteiger partial charge is 0.389 e. The van der Waals surface area contributed by atoms with Gasteiger partial charge >= 0.3 is 0 Å². The van der Waals surface area contributed by atoms with Crippen LogP contribution in [0.3, 0.4) is 0 Å². The highest BCUT2D eigenvalue weighted by Gasteiger charge is 2.29. The number of ether oxygens (including phenoxy) is 1. The van der Waals surface area contributed by atoms with Crippen molar-refractivity contribution in [3.63, 3.8) is 0 Å². The fraction of sp³-hybridized carbons (Fsp3) is 0.538. The molecule has 1 aliphatic heterocycles. The zero-order valence-electron chi connectivity index (χ0n) is 9.59. The second-order valence-electron chi connectivity index (χ2n) is 4.58. The first-order chi connectivity index (χ1) is 8.11. The van der Waals surface area contributed by atoms with Crippen molar-refractivity contribution >= 4 is 15.9 Å². The molecular weight excluding hydrogens is 287 g/mol. The van der Waals surface area contributed by atoms with Crippen molar-refractivity contribution in [1.82, 2.24) is 0 Å². The summed E-state index contributed by atoms with van der Waals surface area (Å²) in [7, 11) is 0. The molecular formula is C13H16BrFO2. The van der Waals surface area contributed by atoms with E-state index in [-0.39, 0.29) is 5.82 Å². The van der Waals surface area contributed by atoms with Crippen LogP contribution in [0.1, 0.15) is 24.8 Å². The van der Waals surface area contributed by atoms with Gasteiger partial charge in [0.15, 0.2) is 0 Å². The van der Waals surface area contributed by atoms with E-state index in [9.17, 15) is 9.50 Å². The molecule has 17 heavy (non-hydrogen) atoms. The number of aliphatic hydroxyl groups is 1. The summed E-state index contributed by atoms with van der Waals surface area (Å²) < 4.78 is 19.2. The lowest BCUT2D eigenvalue weighted by Gasteiger charge is -2.26. The molecule has 0 saturated carbocycles. The van der Waals surface area contributed by atoms with E-state index < -0.39 is 5.60 Å². The van der Waals surface area contributed by atoms with Gasteiger partial charge in [0.25, 0.3) is 0 Å². The van der Waals surface area contributed by atoms with Crippen LogP contribution in [0.4, 0.5) is 4.39 Å². The molecule has 0 spiro atoms. The van der Waals surface area contributed by atoms with Gasteiger partial charge < -0.3 is 9.84 Å². The van der Waals surface area contributed by atoms with Crippen molar-refractivity contribution < 1.29 is 14.2 Å². The van der Waals surface area contributed by atoms with E-state index in [1.165, 1.54) is 6.07 Å². The first-order valence-electron chi connectivity index (χ1n) is 5.84. The van der Waals surface area contributed by atoms with E-state index in [4.69, 9.17) is 4.74 Å². The molecule has 1 aliphatic rings. The zero-order chi connectivity index (χ0) is 12.3. The normalized spacial score (nSPS) is 25.6. The van der Waals surface area contributed by atoms with Crippen LogP contribution in [0.2, 0.25) is 0 Å². The first-order valence-corrected chi connectivity index (χ1v) is 6.63. The van der Waals surface area contributed by atoms with Crippen LogP contribution < -0.4 is 0 Å². The topological polar surface area (TPSA) is 29.5 Å². The van der Waals surface area contributed by atoms with Gasteiger partial charge in [0.1, 0.15) is 5.82 Å². The Morgan fingerprint density at radius 2 is 2.18 bits per heavy atom. The number of hydrogen-bond acceptors (Lipinski definition) is 2. The minimum absolute atomic E-state index is 0.282. The molecule has 2 rings (SSSR count). The van der Waals surface area contributed by atoms with E-state index in [0.29, 0.717) is 36.9 Å². The highest BCUT2D eigenvalue weighted by molar-refractivity contribution is 9.10. The molecule has 1 atom stereocenters. The average molecular weight is 303 g/mol. The third-order valence-corrected chi connectivity index (χ3v) is 4.08. The molecule has 0 bridgehead atoms. The maximum atomic E-state index is 13.4. The van der Waals surface area contributed by atoms with Gasteiger partial charge in [-0.3, -0.25) is 0 Å². The van der Waals surface area contributed by atoms with Gasteiger partial charge in [0.2, 0.25) is 0 Å². The van der Waals surface area contributed by atoms with Crippen LogP contribution in [0, 0.1) is 5.82 Å².